The number of carboxylic acids is 1. The molecule has 0 aromatic heterocycles. The number of hydrogen-bond donors (Lipinski definition) is 1. The van der Waals surface area contributed by atoms with Gasteiger partial charge in [-0.05, 0) is 13.8 Å². The molecule has 0 spiro atoms. The van der Waals surface area contributed by atoms with Gasteiger partial charge in [0.05, 0.1) is 4.91 Å². The van der Waals surface area contributed by atoms with Crippen LogP contribution in [0.3, 0.4) is 0 Å². The maximum Gasteiger partial charge on any atom is 0.329 e. The number of ether oxygens (including phenoxy) is 2. The largest absolute Gasteiger partial charge is 0.478 e. The predicted octanol–water partition coefficient (Wildman–Crippen LogP) is 1.03. The Morgan fingerprint density at radius 3 is 2.00 bits per heavy atom. The monoisotopic (exact) mass is 280 g/mol. The number of rotatable bonds is 8. The lowest BCUT2D eigenvalue weighted by Gasteiger charge is -2.24. The van der Waals surface area contributed by atoms with Crippen LogP contribution in [0.15, 0.2) is 11.0 Å². The van der Waals surface area contributed by atoms with E-state index >= 15 is 0 Å². The number of sulfone groups is 1. The first-order valence-electron chi connectivity index (χ1n) is 5.61. The molecule has 0 fully saturated rings. The van der Waals surface area contributed by atoms with E-state index in [1.807, 2.05) is 0 Å². The third kappa shape index (κ3) is 5.61. The minimum Gasteiger partial charge on any atom is -0.478 e. The second-order valence-corrected chi connectivity index (χ2v) is 5.74. The summed E-state index contributed by atoms with van der Waals surface area (Å²) in [4.78, 5) is 10.5. The highest BCUT2D eigenvalue weighted by molar-refractivity contribution is 7.94. The molecule has 0 bridgehead atoms. The Balaban J connectivity index is 5.29. The first-order valence-corrected chi connectivity index (χ1v) is 7.50. The van der Waals surface area contributed by atoms with Gasteiger partial charge in [0.1, 0.15) is 0 Å². The SMILES string of the molecule is CCOC(OCC)C(C)/C(=C/C(=O)O)S(C)(=O)=O. The van der Waals surface area contributed by atoms with Crippen molar-refractivity contribution in [2.24, 2.45) is 5.92 Å². The molecule has 106 valence electrons. The fraction of sp³-hybridized carbons (Fsp3) is 0.727. The fourth-order valence-corrected chi connectivity index (χ4v) is 2.60. The molecule has 0 saturated heterocycles. The van der Waals surface area contributed by atoms with E-state index in [9.17, 15) is 13.2 Å². The predicted molar refractivity (Wildman–Crippen MR) is 66.8 cm³/mol. The van der Waals surface area contributed by atoms with Crippen molar-refractivity contribution < 1.29 is 27.8 Å². The van der Waals surface area contributed by atoms with Crippen LogP contribution >= 0.6 is 0 Å². The molecule has 0 amide bonds. The lowest BCUT2D eigenvalue weighted by Crippen LogP contribution is -2.29. The van der Waals surface area contributed by atoms with Crippen molar-refractivity contribution in [3.8, 4) is 0 Å². The van der Waals surface area contributed by atoms with E-state index in [1.54, 1.807) is 20.8 Å². The van der Waals surface area contributed by atoms with Crippen molar-refractivity contribution in [1.82, 2.24) is 0 Å². The molecule has 6 nitrogen and oxygen atoms in total. The first-order chi connectivity index (χ1) is 8.23. The van der Waals surface area contributed by atoms with Gasteiger partial charge < -0.3 is 14.6 Å². The van der Waals surface area contributed by atoms with Gasteiger partial charge >= 0.3 is 5.97 Å². The van der Waals surface area contributed by atoms with E-state index in [4.69, 9.17) is 14.6 Å². The molecule has 0 radical (unpaired) electrons. The highest BCUT2D eigenvalue weighted by Crippen LogP contribution is 2.23. The Bertz CT molecular complexity index is 392. The molecule has 1 N–H and O–H groups in total. The normalized spacial score (nSPS) is 14.8. The molecule has 0 aliphatic rings. The van der Waals surface area contributed by atoms with Gasteiger partial charge in [-0.2, -0.15) is 0 Å². The summed E-state index contributed by atoms with van der Waals surface area (Å²) in [7, 11) is -3.62. The molecule has 0 aliphatic heterocycles. The summed E-state index contributed by atoms with van der Waals surface area (Å²) in [6.45, 7) is 5.75. The number of aliphatic carboxylic acids is 1. The summed E-state index contributed by atoms with van der Waals surface area (Å²) < 4.78 is 33.7. The molecule has 18 heavy (non-hydrogen) atoms. The second kappa shape index (κ2) is 7.50. The molecule has 0 rings (SSSR count). The van der Waals surface area contributed by atoms with Crippen LogP contribution in [0, 0.1) is 5.92 Å². The molecule has 1 atom stereocenters. The van der Waals surface area contributed by atoms with E-state index in [0.717, 1.165) is 6.26 Å². The van der Waals surface area contributed by atoms with Crippen molar-refractivity contribution in [3.63, 3.8) is 0 Å². The van der Waals surface area contributed by atoms with Crippen molar-refractivity contribution in [1.29, 1.82) is 0 Å². The fourth-order valence-electron chi connectivity index (χ4n) is 1.50. The van der Waals surface area contributed by atoms with Crippen LogP contribution in [0.1, 0.15) is 20.8 Å². The average molecular weight is 280 g/mol. The quantitative estimate of drug-likeness (QED) is 0.527. The molecule has 1 unspecified atom stereocenters. The maximum atomic E-state index is 11.6. The molecule has 7 heteroatoms. The topological polar surface area (TPSA) is 89.9 Å². The Kier molecular flexibility index (Phi) is 7.12. The van der Waals surface area contributed by atoms with Crippen molar-refractivity contribution in [2.75, 3.05) is 19.5 Å². The van der Waals surface area contributed by atoms with Crippen LogP contribution in [0.5, 0.6) is 0 Å². The van der Waals surface area contributed by atoms with Gasteiger partial charge in [0.2, 0.25) is 0 Å². The van der Waals surface area contributed by atoms with Gasteiger partial charge in [0, 0.05) is 31.5 Å². The van der Waals surface area contributed by atoms with Crippen LogP contribution in [0.25, 0.3) is 0 Å². The van der Waals surface area contributed by atoms with Crippen LogP contribution in [-0.2, 0) is 24.1 Å². The second-order valence-electron chi connectivity index (χ2n) is 3.72. The van der Waals surface area contributed by atoms with E-state index in [1.165, 1.54) is 0 Å². The summed E-state index contributed by atoms with van der Waals surface area (Å²) >= 11 is 0. The van der Waals surface area contributed by atoms with Crippen LogP contribution < -0.4 is 0 Å². The first kappa shape index (κ1) is 17.1. The molecular weight excluding hydrogens is 260 g/mol. The molecule has 0 aromatic carbocycles. The highest BCUT2D eigenvalue weighted by Gasteiger charge is 2.28. The van der Waals surface area contributed by atoms with E-state index in [0.29, 0.717) is 19.3 Å². The Labute approximate surface area is 108 Å². The standard InChI is InChI=1S/C11H20O6S/c1-5-16-11(17-6-2)8(3)9(7-10(12)13)18(4,14)15/h7-8,11H,5-6H2,1-4H3,(H,12,13)/b9-7-. The van der Waals surface area contributed by atoms with Gasteiger partial charge in [-0.3, -0.25) is 0 Å². The number of carbonyl (C=O) groups is 1. The Morgan fingerprint density at radius 2 is 1.72 bits per heavy atom. The van der Waals surface area contributed by atoms with Crippen molar-refractivity contribution in [3.05, 3.63) is 11.0 Å². The third-order valence-electron chi connectivity index (χ3n) is 2.21. The summed E-state index contributed by atoms with van der Waals surface area (Å²) in [5.41, 5.74) is 0. The zero-order valence-corrected chi connectivity index (χ0v) is 11.9. The summed E-state index contributed by atoms with van der Waals surface area (Å²) in [5, 5.41) is 8.72. The summed E-state index contributed by atoms with van der Waals surface area (Å²) in [6.07, 6.45) is 0.874. The summed E-state index contributed by atoms with van der Waals surface area (Å²) in [6, 6.07) is 0. The van der Waals surface area contributed by atoms with E-state index < -0.39 is 28.0 Å². The molecule has 0 aliphatic carbocycles. The minimum absolute atomic E-state index is 0.207. The number of hydrogen-bond acceptors (Lipinski definition) is 5. The summed E-state index contributed by atoms with van der Waals surface area (Å²) in [5.74, 6) is -2.00. The van der Waals surface area contributed by atoms with Crippen LogP contribution in [0.2, 0.25) is 0 Å². The van der Waals surface area contributed by atoms with Gasteiger partial charge in [-0.25, -0.2) is 13.2 Å². The van der Waals surface area contributed by atoms with E-state index in [2.05, 4.69) is 0 Å². The van der Waals surface area contributed by atoms with Gasteiger partial charge in [0.15, 0.2) is 16.1 Å². The smallest absolute Gasteiger partial charge is 0.329 e. The number of carboxylic acid groups (broad SMARTS) is 1. The zero-order valence-electron chi connectivity index (χ0n) is 11.0. The molecule has 0 aromatic rings. The lowest BCUT2D eigenvalue weighted by molar-refractivity contribution is -0.155. The van der Waals surface area contributed by atoms with Crippen LogP contribution in [-0.4, -0.2) is 45.3 Å². The Hall–Kier alpha value is -0.920. The molecule has 0 heterocycles. The van der Waals surface area contributed by atoms with Crippen molar-refractivity contribution in [2.45, 2.75) is 27.1 Å². The maximum absolute atomic E-state index is 11.6. The highest BCUT2D eigenvalue weighted by atomic mass is 32.2. The van der Waals surface area contributed by atoms with Crippen LogP contribution in [0.4, 0.5) is 0 Å². The van der Waals surface area contributed by atoms with Gasteiger partial charge in [-0.1, -0.05) is 6.92 Å². The molecular formula is C11H20O6S. The minimum atomic E-state index is -3.62. The van der Waals surface area contributed by atoms with Gasteiger partial charge in [-0.15, -0.1) is 0 Å². The Morgan fingerprint density at radius 1 is 1.28 bits per heavy atom. The zero-order chi connectivity index (χ0) is 14.3. The van der Waals surface area contributed by atoms with E-state index in [-0.39, 0.29) is 4.91 Å². The van der Waals surface area contributed by atoms with Gasteiger partial charge in [0.25, 0.3) is 0 Å². The molecule has 0 saturated carbocycles. The lowest BCUT2D eigenvalue weighted by atomic mass is 10.1. The average Bonchev–Trinajstić information content (AvgIpc) is 2.23. The third-order valence-corrected chi connectivity index (χ3v) is 3.56. The van der Waals surface area contributed by atoms with Crippen molar-refractivity contribution >= 4 is 15.8 Å².